The molecule has 0 atom stereocenters. The van der Waals surface area contributed by atoms with Crippen molar-refractivity contribution in [2.45, 2.75) is 18.0 Å². The maximum absolute atomic E-state index is 14.3. The molecule has 2 aromatic carbocycles. The van der Waals surface area contributed by atoms with Crippen molar-refractivity contribution >= 4 is 17.3 Å². The number of hydrogen-bond acceptors (Lipinski definition) is 4. The van der Waals surface area contributed by atoms with Crippen LogP contribution in [0.25, 0.3) is 0 Å². The van der Waals surface area contributed by atoms with Crippen LogP contribution in [0.1, 0.15) is 15.9 Å². The van der Waals surface area contributed by atoms with Crippen molar-refractivity contribution in [1.82, 2.24) is 5.48 Å². The number of carbonyl (C=O) groups excluding carboxylic acids is 1. The van der Waals surface area contributed by atoms with Gasteiger partial charge in [0.15, 0.2) is 11.6 Å². The number of hydroxylamine groups is 1. The molecule has 1 amide bonds. The summed E-state index contributed by atoms with van der Waals surface area (Å²) in [7, 11) is 0. The van der Waals surface area contributed by atoms with Gasteiger partial charge in [-0.2, -0.15) is 30.7 Å². The van der Waals surface area contributed by atoms with Gasteiger partial charge in [0.05, 0.1) is 30.2 Å². The monoisotopic (exact) mass is 494 g/mol. The zero-order valence-electron chi connectivity index (χ0n) is 15.8. The van der Waals surface area contributed by atoms with E-state index in [-0.39, 0.29) is 18.2 Å². The lowest BCUT2D eigenvalue weighted by molar-refractivity contribution is -0.359. The van der Waals surface area contributed by atoms with E-state index in [1.54, 1.807) is 5.48 Å². The lowest BCUT2D eigenvalue weighted by Gasteiger charge is -2.28. The molecular weight excluding hydrogens is 482 g/mol. The Morgan fingerprint density at radius 2 is 1.58 bits per heavy atom. The SMILES string of the molecule is O=C(NOCCO)c1ccc(F)c(F)c1Nc1ccc(C(F)(F)C(F)(F)C(F)(F)F)cc1F. The third-order valence-electron chi connectivity index (χ3n) is 4.04. The summed E-state index contributed by atoms with van der Waals surface area (Å²) in [5.41, 5.74) is -3.04. The second-order valence-corrected chi connectivity index (χ2v) is 6.25. The van der Waals surface area contributed by atoms with Gasteiger partial charge in [-0.15, -0.1) is 0 Å². The van der Waals surface area contributed by atoms with Crippen LogP contribution in [0.2, 0.25) is 0 Å². The van der Waals surface area contributed by atoms with Gasteiger partial charge in [0.25, 0.3) is 5.91 Å². The normalized spacial score (nSPS) is 12.6. The topological polar surface area (TPSA) is 70.6 Å². The molecule has 182 valence electrons. The van der Waals surface area contributed by atoms with Crippen LogP contribution < -0.4 is 10.8 Å². The van der Waals surface area contributed by atoms with Crippen molar-refractivity contribution < 1.29 is 58.6 Å². The smallest absolute Gasteiger partial charge is 0.394 e. The highest BCUT2D eigenvalue weighted by atomic mass is 19.4. The molecule has 0 saturated heterocycles. The van der Waals surface area contributed by atoms with Gasteiger partial charge in [-0.1, -0.05) is 6.07 Å². The third kappa shape index (κ3) is 5.13. The van der Waals surface area contributed by atoms with Gasteiger partial charge in [0.2, 0.25) is 0 Å². The predicted octanol–water partition coefficient (Wildman–Crippen LogP) is 4.79. The average Bonchev–Trinajstić information content (AvgIpc) is 2.71. The minimum absolute atomic E-state index is 0.00632. The highest BCUT2D eigenvalue weighted by molar-refractivity contribution is 6.00. The van der Waals surface area contributed by atoms with Gasteiger partial charge < -0.3 is 10.4 Å². The number of aliphatic hydroxyl groups is 1. The first-order chi connectivity index (χ1) is 15.1. The number of amides is 1. The standard InChI is InChI=1S/C18H12F10N2O3/c19-10-3-2-9(15(32)30-33-6-5-31)14(13(10)21)29-12-4-1-8(7-11(12)20)16(22,23)17(24,25)18(26,27)28/h1-4,7,29,31H,5-6H2,(H,30,32). The van der Waals surface area contributed by atoms with Gasteiger partial charge in [-0.05, 0) is 24.3 Å². The Bertz CT molecular complexity index is 1030. The molecule has 0 aromatic heterocycles. The summed E-state index contributed by atoms with van der Waals surface area (Å²) in [5, 5.41) is 10.4. The van der Waals surface area contributed by atoms with Crippen LogP contribution in [-0.4, -0.2) is 36.3 Å². The second-order valence-electron chi connectivity index (χ2n) is 6.25. The molecule has 5 nitrogen and oxygen atoms in total. The molecule has 33 heavy (non-hydrogen) atoms. The van der Waals surface area contributed by atoms with E-state index in [4.69, 9.17) is 5.11 Å². The predicted molar refractivity (Wildman–Crippen MR) is 91.4 cm³/mol. The molecule has 0 radical (unpaired) electrons. The van der Waals surface area contributed by atoms with Gasteiger partial charge in [-0.25, -0.2) is 18.7 Å². The third-order valence-corrected chi connectivity index (χ3v) is 4.04. The van der Waals surface area contributed by atoms with Crippen LogP contribution in [-0.2, 0) is 10.8 Å². The van der Waals surface area contributed by atoms with Crippen molar-refractivity contribution in [3.05, 3.63) is 58.9 Å². The van der Waals surface area contributed by atoms with Gasteiger partial charge >= 0.3 is 18.0 Å². The number of rotatable bonds is 8. The number of alkyl halides is 7. The van der Waals surface area contributed by atoms with E-state index in [2.05, 4.69) is 4.84 Å². The summed E-state index contributed by atoms with van der Waals surface area (Å²) >= 11 is 0. The van der Waals surface area contributed by atoms with E-state index in [9.17, 15) is 48.7 Å². The minimum atomic E-state index is -6.66. The minimum Gasteiger partial charge on any atom is -0.394 e. The molecule has 0 spiro atoms. The maximum atomic E-state index is 14.3. The van der Waals surface area contributed by atoms with E-state index in [0.717, 1.165) is 0 Å². The van der Waals surface area contributed by atoms with E-state index in [1.165, 1.54) is 0 Å². The summed E-state index contributed by atoms with van der Waals surface area (Å²) in [5.74, 6) is -18.8. The Kier molecular flexibility index (Phi) is 7.48. The zero-order chi connectivity index (χ0) is 25.2. The summed E-state index contributed by atoms with van der Waals surface area (Å²) in [6, 6.07) is 1.12. The fourth-order valence-electron chi connectivity index (χ4n) is 2.39. The number of halogens is 10. The Morgan fingerprint density at radius 3 is 2.12 bits per heavy atom. The number of hydrogen-bond donors (Lipinski definition) is 3. The number of nitrogens with one attached hydrogen (secondary N) is 2. The maximum Gasteiger partial charge on any atom is 0.460 e. The van der Waals surface area contributed by atoms with E-state index in [0.29, 0.717) is 12.1 Å². The molecule has 3 N–H and O–H groups in total. The molecule has 0 unspecified atom stereocenters. The Labute approximate surface area is 177 Å². The molecule has 2 rings (SSSR count). The van der Waals surface area contributed by atoms with E-state index in [1.807, 2.05) is 5.32 Å². The number of carbonyl (C=O) groups is 1. The van der Waals surface area contributed by atoms with E-state index >= 15 is 0 Å². The Balaban J connectivity index is 2.44. The van der Waals surface area contributed by atoms with Gasteiger partial charge in [-0.3, -0.25) is 9.63 Å². The summed E-state index contributed by atoms with van der Waals surface area (Å²) in [6.45, 7) is -0.927. The number of aliphatic hydroxyl groups excluding tert-OH is 1. The van der Waals surface area contributed by atoms with Crippen LogP contribution in [0.3, 0.4) is 0 Å². The molecule has 0 aliphatic heterocycles. The molecule has 0 bridgehead atoms. The van der Waals surface area contributed by atoms with E-state index < -0.39 is 77.1 Å². The fraction of sp³-hybridized carbons (Fsp3) is 0.278. The number of anilines is 2. The first kappa shape index (κ1) is 26.2. The van der Waals surface area contributed by atoms with Crippen LogP contribution >= 0.6 is 0 Å². The molecule has 0 aliphatic carbocycles. The molecule has 0 fully saturated rings. The van der Waals surface area contributed by atoms with Crippen LogP contribution in [0.15, 0.2) is 30.3 Å². The lowest BCUT2D eigenvalue weighted by Crippen LogP contribution is -2.50. The number of benzene rings is 2. The summed E-state index contributed by atoms with van der Waals surface area (Å²) in [6.07, 6.45) is -6.66. The second kappa shape index (κ2) is 9.43. The van der Waals surface area contributed by atoms with Crippen LogP contribution in [0, 0.1) is 17.5 Å². The first-order valence-corrected chi connectivity index (χ1v) is 8.55. The van der Waals surface area contributed by atoms with Crippen molar-refractivity contribution in [1.29, 1.82) is 0 Å². The Hall–Kier alpha value is -3.07. The van der Waals surface area contributed by atoms with Crippen molar-refractivity contribution in [3.63, 3.8) is 0 Å². The molecular formula is C18H12F10N2O3. The molecule has 0 saturated carbocycles. The van der Waals surface area contributed by atoms with Crippen molar-refractivity contribution in [2.75, 3.05) is 18.5 Å². The molecule has 2 aromatic rings. The van der Waals surface area contributed by atoms with Gasteiger partial charge in [0.1, 0.15) is 5.82 Å². The van der Waals surface area contributed by atoms with Crippen LogP contribution in [0.5, 0.6) is 0 Å². The first-order valence-electron chi connectivity index (χ1n) is 8.55. The zero-order valence-corrected chi connectivity index (χ0v) is 15.8. The summed E-state index contributed by atoms with van der Waals surface area (Å²) in [4.78, 5) is 16.5. The lowest BCUT2D eigenvalue weighted by atomic mass is 10.0. The molecule has 0 aliphatic rings. The highest BCUT2D eigenvalue weighted by Crippen LogP contribution is 2.52. The largest absolute Gasteiger partial charge is 0.460 e. The van der Waals surface area contributed by atoms with Crippen molar-refractivity contribution in [3.8, 4) is 0 Å². The highest BCUT2D eigenvalue weighted by Gasteiger charge is 2.73. The van der Waals surface area contributed by atoms with Crippen molar-refractivity contribution in [2.24, 2.45) is 0 Å². The Morgan fingerprint density at radius 1 is 0.939 bits per heavy atom. The fourth-order valence-corrected chi connectivity index (χ4v) is 2.39. The molecule has 15 heteroatoms. The average molecular weight is 494 g/mol. The molecule has 0 heterocycles. The van der Waals surface area contributed by atoms with Crippen LogP contribution in [0.4, 0.5) is 55.3 Å². The quantitative estimate of drug-likeness (QED) is 0.281. The summed E-state index contributed by atoms with van der Waals surface area (Å²) < 4.78 is 133. The van der Waals surface area contributed by atoms with Gasteiger partial charge in [0, 0.05) is 5.56 Å².